The molecule has 3 rings (SSSR count). The number of hydrogen-bond donors (Lipinski definition) is 2. The Morgan fingerprint density at radius 3 is 2.20 bits per heavy atom. The van der Waals surface area contributed by atoms with Crippen molar-refractivity contribution in [3.05, 3.63) is 94.5 Å². The van der Waals surface area contributed by atoms with Gasteiger partial charge in [0.2, 0.25) is 10.0 Å². The van der Waals surface area contributed by atoms with Gasteiger partial charge in [-0.25, -0.2) is 8.42 Å². The minimum atomic E-state index is -3.54. The Morgan fingerprint density at radius 1 is 0.967 bits per heavy atom. The highest BCUT2D eigenvalue weighted by Crippen LogP contribution is 2.27. The number of hydrogen-bond acceptors (Lipinski definition) is 4. The number of nitrogens with one attached hydrogen (secondary N) is 2. The summed E-state index contributed by atoms with van der Waals surface area (Å²) >= 11 is 6.06. The fourth-order valence-electron chi connectivity index (χ4n) is 2.96. The molecule has 2 N–H and O–H groups in total. The summed E-state index contributed by atoms with van der Waals surface area (Å²) in [6, 6.07) is 21.0. The molecule has 0 aliphatic rings. The molecule has 0 fully saturated rings. The molecule has 0 bridgehead atoms. The normalized spacial score (nSPS) is 12.1. The maximum atomic E-state index is 13.0. The van der Waals surface area contributed by atoms with Crippen LogP contribution >= 0.6 is 11.6 Å². The molecule has 1 unspecified atom stereocenters. The summed E-state index contributed by atoms with van der Waals surface area (Å²) in [5.41, 5.74) is 2.20. The van der Waals surface area contributed by atoms with Crippen LogP contribution in [0.25, 0.3) is 0 Å². The van der Waals surface area contributed by atoms with E-state index in [2.05, 4.69) is 10.0 Å². The first-order valence-electron chi connectivity index (χ1n) is 9.04. The van der Waals surface area contributed by atoms with Crippen LogP contribution in [0.3, 0.4) is 0 Å². The maximum absolute atomic E-state index is 13.0. The number of ether oxygens (including phenoxy) is 1. The topological polar surface area (TPSA) is 84.5 Å². The van der Waals surface area contributed by atoms with Gasteiger partial charge in [0.25, 0.3) is 5.91 Å². The van der Waals surface area contributed by atoms with Gasteiger partial charge < -0.3 is 10.1 Å². The molecule has 1 amide bonds. The van der Waals surface area contributed by atoms with Crippen molar-refractivity contribution in [2.45, 2.75) is 6.04 Å². The van der Waals surface area contributed by atoms with Crippen molar-refractivity contribution in [1.82, 2.24) is 5.32 Å². The van der Waals surface area contributed by atoms with Crippen LogP contribution in [-0.2, 0) is 10.0 Å². The van der Waals surface area contributed by atoms with Gasteiger partial charge in [0.15, 0.2) is 0 Å². The first-order chi connectivity index (χ1) is 14.3. The SMILES string of the molecule is COc1ccc(C(NC(=O)c2ccc(Cl)c(NS(C)(=O)=O)c2)c2ccccc2)cc1. The first-order valence-corrected chi connectivity index (χ1v) is 11.3. The van der Waals surface area contributed by atoms with Crippen LogP contribution in [0, 0.1) is 0 Å². The van der Waals surface area contributed by atoms with Crippen LogP contribution < -0.4 is 14.8 Å². The number of methoxy groups -OCH3 is 1. The van der Waals surface area contributed by atoms with Crippen LogP contribution in [-0.4, -0.2) is 27.7 Å². The smallest absolute Gasteiger partial charge is 0.252 e. The number of sulfonamides is 1. The van der Waals surface area contributed by atoms with E-state index in [1.165, 1.54) is 12.1 Å². The van der Waals surface area contributed by atoms with Gasteiger partial charge in [-0.05, 0) is 41.5 Å². The van der Waals surface area contributed by atoms with Gasteiger partial charge in [0.1, 0.15) is 5.75 Å². The predicted molar refractivity (Wildman–Crippen MR) is 119 cm³/mol. The zero-order chi connectivity index (χ0) is 21.7. The Bertz CT molecular complexity index is 1130. The molecule has 0 spiro atoms. The molecule has 0 radical (unpaired) electrons. The highest BCUT2D eigenvalue weighted by atomic mass is 35.5. The third kappa shape index (κ3) is 5.52. The van der Waals surface area contributed by atoms with E-state index >= 15 is 0 Å². The fraction of sp³-hybridized carbons (Fsp3) is 0.136. The number of rotatable bonds is 7. The molecule has 0 saturated heterocycles. The van der Waals surface area contributed by atoms with E-state index in [0.29, 0.717) is 5.75 Å². The Balaban J connectivity index is 1.92. The summed E-state index contributed by atoms with van der Waals surface area (Å²) in [5, 5.41) is 3.21. The lowest BCUT2D eigenvalue weighted by Gasteiger charge is -2.20. The lowest BCUT2D eigenvalue weighted by Crippen LogP contribution is -2.29. The number of carbonyl (C=O) groups excluding carboxylic acids is 1. The molecule has 1 atom stereocenters. The molecule has 0 saturated carbocycles. The number of halogens is 1. The van der Waals surface area contributed by atoms with E-state index in [1.807, 2.05) is 54.6 Å². The van der Waals surface area contributed by atoms with Crippen LogP contribution in [0.2, 0.25) is 5.02 Å². The van der Waals surface area contributed by atoms with Crippen molar-refractivity contribution in [2.24, 2.45) is 0 Å². The predicted octanol–water partition coefficient (Wildman–Crippen LogP) is 4.24. The molecule has 156 valence electrons. The molecule has 3 aromatic rings. The summed E-state index contributed by atoms with van der Waals surface area (Å²) < 4.78 is 30.6. The highest BCUT2D eigenvalue weighted by Gasteiger charge is 2.19. The minimum absolute atomic E-state index is 0.146. The molecule has 0 aliphatic heterocycles. The summed E-state index contributed by atoms with van der Waals surface area (Å²) in [6.07, 6.45) is 1.02. The van der Waals surface area contributed by atoms with Crippen LogP contribution in [0.5, 0.6) is 5.75 Å². The summed E-state index contributed by atoms with van der Waals surface area (Å²) in [4.78, 5) is 13.0. The van der Waals surface area contributed by atoms with Gasteiger partial charge >= 0.3 is 0 Å². The van der Waals surface area contributed by atoms with Gasteiger partial charge in [-0.15, -0.1) is 0 Å². The molecule has 8 heteroatoms. The van der Waals surface area contributed by atoms with Gasteiger partial charge in [0, 0.05) is 5.56 Å². The third-order valence-corrected chi connectivity index (χ3v) is 5.30. The summed E-state index contributed by atoms with van der Waals surface area (Å²) in [6.45, 7) is 0. The molecule has 30 heavy (non-hydrogen) atoms. The van der Waals surface area contributed by atoms with Crippen LogP contribution in [0.1, 0.15) is 27.5 Å². The molecule has 0 aromatic heterocycles. The third-order valence-electron chi connectivity index (χ3n) is 4.38. The maximum Gasteiger partial charge on any atom is 0.252 e. The second-order valence-electron chi connectivity index (χ2n) is 6.66. The quantitative estimate of drug-likeness (QED) is 0.570. The van der Waals surface area contributed by atoms with E-state index in [1.54, 1.807) is 13.2 Å². The van der Waals surface area contributed by atoms with Gasteiger partial charge in [-0.1, -0.05) is 54.1 Å². The van der Waals surface area contributed by atoms with Gasteiger partial charge in [0.05, 0.1) is 30.1 Å². The molecule has 0 aliphatic carbocycles. The van der Waals surface area contributed by atoms with Gasteiger partial charge in [-0.2, -0.15) is 0 Å². The zero-order valence-corrected chi connectivity index (χ0v) is 18.0. The number of anilines is 1. The number of benzene rings is 3. The van der Waals surface area contributed by atoms with Crippen molar-refractivity contribution in [1.29, 1.82) is 0 Å². The Morgan fingerprint density at radius 2 is 1.60 bits per heavy atom. The molecular weight excluding hydrogens is 424 g/mol. The van der Waals surface area contributed by atoms with E-state index < -0.39 is 16.1 Å². The summed E-state index contributed by atoms with van der Waals surface area (Å²) in [5.74, 6) is 0.346. The number of carbonyl (C=O) groups is 1. The number of amides is 1. The highest BCUT2D eigenvalue weighted by molar-refractivity contribution is 7.92. The second kappa shape index (κ2) is 9.19. The minimum Gasteiger partial charge on any atom is -0.497 e. The Labute approximate surface area is 180 Å². The summed E-state index contributed by atoms with van der Waals surface area (Å²) in [7, 11) is -1.94. The largest absolute Gasteiger partial charge is 0.497 e. The zero-order valence-electron chi connectivity index (χ0n) is 16.4. The Hall–Kier alpha value is -3.03. The monoisotopic (exact) mass is 444 g/mol. The van der Waals surface area contributed by atoms with Crippen molar-refractivity contribution >= 4 is 33.2 Å². The fourth-order valence-corrected chi connectivity index (χ4v) is 3.75. The molecule has 0 heterocycles. The lowest BCUT2D eigenvalue weighted by molar-refractivity contribution is 0.0943. The van der Waals surface area contributed by atoms with Gasteiger partial charge in [-0.3, -0.25) is 9.52 Å². The molecule has 3 aromatic carbocycles. The van der Waals surface area contributed by atoms with Crippen molar-refractivity contribution < 1.29 is 17.9 Å². The van der Waals surface area contributed by atoms with Crippen LogP contribution in [0.15, 0.2) is 72.8 Å². The van der Waals surface area contributed by atoms with Crippen LogP contribution in [0.4, 0.5) is 5.69 Å². The van der Waals surface area contributed by atoms with E-state index in [-0.39, 0.29) is 22.2 Å². The Kier molecular flexibility index (Phi) is 6.64. The van der Waals surface area contributed by atoms with E-state index in [0.717, 1.165) is 17.4 Å². The first kappa shape index (κ1) is 21.7. The average molecular weight is 445 g/mol. The van der Waals surface area contributed by atoms with Crippen molar-refractivity contribution in [3.8, 4) is 5.75 Å². The molecule has 6 nitrogen and oxygen atoms in total. The van der Waals surface area contributed by atoms with E-state index in [4.69, 9.17) is 16.3 Å². The average Bonchev–Trinajstić information content (AvgIpc) is 2.73. The van der Waals surface area contributed by atoms with Crippen molar-refractivity contribution in [3.63, 3.8) is 0 Å². The molecular formula is C22H21ClN2O4S. The standard InChI is InChI=1S/C22H21ClN2O4S/c1-29-18-11-8-16(9-12-18)21(15-6-4-3-5-7-15)24-22(26)17-10-13-19(23)20(14-17)25-30(2,27)28/h3-14,21,25H,1-2H3,(H,24,26). The second-order valence-corrected chi connectivity index (χ2v) is 8.81. The van der Waals surface area contributed by atoms with Crippen molar-refractivity contribution in [2.75, 3.05) is 18.1 Å². The van der Waals surface area contributed by atoms with E-state index in [9.17, 15) is 13.2 Å². The lowest BCUT2D eigenvalue weighted by atomic mass is 9.98.